The lowest BCUT2D eigenvalue weighted by atomic mass is 9.77. The molecule has 0 radical (unpaired) electrons. The molecule has 0 unspecified atom stereocenters. The zero-order chi connectivity index (χ0) is 20.1. The number of carbonyl (C=O) groups excluding carboxylic acids is 3. The van der Waals surface area contributed by atoms with Crippen molar-refractivity contribution in [2.45, 2.75) is 95.2 Å². The van der Waals surface area contributed by atoms with E-state index in [4.69, 9.17) is 0 Å². The number of rotatable bonds is 10. The van der Waals surface area contributed by atoms with Gasteiger partial charge in [-0.25, -0.2) is 0 Å². The van der Waals surface area contributed by atoms with E-state index in [2.05, 4.69) is 16.0 Å². The monoisotopic (exact) mass is 379 g/mol. The largest absolute Gasteiger partial charge is 0.308 e. The van der Waals surface area contributed by atoms with Gasteiger partial charge in [-0.3, -0.25) is 25.0 Å². The predicted octanol–water partition coefficient (Wildman–Crippen LogP) is 1.91. The summed E-state index contributed by atoms with van der Waals surface area (Å²) < 4.78 is 0. The summed E-state index contributed by atoms with van der Waals surface area (Å²) in [6.07, 6.45) is 8.50. The van der Waals surface area contributed by atoms with Gasteiger partial charge in [0.1, 0.15) is 5.78 Å². The Bertz CT molecular complexity index is 559. The highest BCUT2D eigenvalue weighted by Crippen LogP contribution is 2.32. The van der Waals surface area contributed by atoms with Crippen LogP contribution in [0, 0.1) is 0 Å². The maximum absolute atomic E-state index is 13.1. The molecule has 0 aromatic rings. The van der Waals surface area contributed by atoms with Gasteiger partial charge in [0.25, 0.3) is 0 Å². The molecule has 0 heterocycles. The molecule has 0 bridgehead atoms. The second-order valence-electron chi connectivity index (χ2n) is 8.92. The Hall–Kier alpha value is -1.11. The van der Waals surface area contributed by atoms with Gasteiger partial charge < -0.3 is 5.32 Å². The van der Waals surface area contributed by atoms with Crippen LogP contribution in [-0.4, -0.2) is 54.1 Å². The Morgan fingerprint density at radius 2 is 1.30 bits per heavy atom. The lowest BCUT2D eigenvalue weighted by Crippen LogP contribution is -2.61. The molecular weight excluding hydrogens is 342 g/mol. The maximum Gasteiger partial charge on any atom is 0.166 e. The van der Waals surface area contributed by atoms with Crippen molar-refractivity contribution in [3.8, 4) is 0 Å². The van der Waals surface area contributed by atoms with Gasteiger partial charge in [-0.05, 0) is 53.5 Å². The Morgan fingerprint density at radius 1 is 0.815 bits per heavy atom. The van der Waals surface area contributed by atoms with E-state index < -0.39 is 16.6 Å². The summed E-state index contributed by atoms with van der Waals surface area (Å²) >= 11 is 0. The summed E-state index contributed by atoms with van der Waals surface area (Å²) in [6.45, 7) is 5.49. The molecule has 2 fully saturated rings. The van der Waals surface area contributed by atoms with Gasteiger partial charge >= 0.3 is 0 Å². The minimum absolute atomic E-state index is 0.00771. The normalized spacial score (nSPS) is 21.8. The number of hydrogen-bond donors (Lipinski definition) is 3. The molecule has 2 saturated carbocycles. The first-order chi connectivity index (χ1) is 12.7. The highest BCUT2D eigenvalue weighted by atomic mass is 16.1. The molecule has 3 N–H and O–H groups in total. The molecule has 154 valence electrons. The van der Waals surface area contributed by atoms with Crippen molar-refractivity contribution in [3.05, 3.63) is 0 Å². The Balaban J connectivity index is 2.04. The van der Waals surface area contributed by atoms with Crippen molar-refractivity contribution in [1.82, 2.24) is 16.0 Å². The number of likely N-dealkylation sites (N-methyl/N-ethyl adjacent to an activating group) is 1. The fourth-order valence-corrected chi connectivity index (χ4v) is 4.37. The molecule has 0 aliphatic heterocycles. The lowest BCUT2D eigenvalue weighted by Gasteiger charge is -2.39. The smallest absolute Gasteiger partial charge is 0.166 e. The second kappa shape index (κ2) is 8.93. The minimum Gasteiger partial charge on any atom is -0.308 e. The number of nitrogens with one attached hydrogen (secondary N) is 3. The Labute approximate surface area is 163 Å². The summed E-state index contributed by atoms with van der Waals surface area (Å²) in [5, 5.41) is 9.72. The van der Waals surface area contributed by atoms with Gasteiger partial charge in [0.15, 0.2) is 11.6 Å². The van der Waals surface area contributed by atoms with Gasteiger partial charge in [-0.15, -0.1) is 0 Å². The quantitative estimate of drug-likeness (QED) is 0.537. The molecule has 6 heteroatoms. The first kappa shape index (κ1) is 22.2. The van der Waals surface area contributed by atoms with Crippen LogP contribution in [0.2, 0.25) is 0 Å². The highest BCUT2D eigenvalue weighted by molar-refractivity contribution is 5.94. The van der Waals surface area contributed by atoms with Crippen LogP contribution in [0.3, 0.4) is 0 Å². The van der Waals surface area contributed by atoms with Gasteiger partial charge in [-0.1, -0.05) is 32.1 Å². The average Bonchev–Trinajstić information content (AvgIpc) is 3.15. The topological polar surface area (TPSA) is 87.3 Å². The molecule has 0 aromatic carbocycles. The third kappa shape index (κ3) is 5.04. The van der Waals surface area contributed by atoms with Crippen LogP contribution in [0.15, 0.2) is 0 Å². The number of Topliss-reactive ketones (excluding diaryl/α,β-unsaturated/α-hetero) is 3. The maximum atomic E-state index is 13.1. The molecule has 2 rings (SSSR count). The Morgan fingerprint density at radius 3 is 1.81 bits per heavy atom. The third-order valence-corrected chi connectivity index (χ3v) is 6.87. The standard InChI is InChI=1S/C21H37N3O3/c1-16(25)19(2,3)23-14-18(27)21(12-6-5-7-13-21)24-15-17(26)20(22-4)10-8-9-11-20/h22-24H,5-15H2,1-4H3. The van der Waals surface area contributed by atoms with E-state index in [1.807, 2.05) is 7.05 Å². The summed E-state index contributed by atoms with van der Waals surface area (Å²) in [5.74, 6) is 0.236. The first-order valence-electron chi connectivity index (χ1n) is 10.4. The SMILES string of the molecule is CNC1(C(=O)CNC2(C(=O)CNC(C)(C)C(C)=O)CCCCC2)CCCC1. The fraction of sp³-hybridized carbons (Fsp3) is 0.857. The van der Waals surface area contributed by atoms with Crippen LogP contribution < -0.4 is 16.0 Å². The van der Waals surface area contributed by atoms with E-state index in [1.165, 1.54) is 6.92 Å². The molecule has 27 heavy (non-hydrogen) atoms. The number of carbonyl (C=O) groups is 3. The van der Waals surface area contributed by atoms with Crippen molar-refractivity contribution >= 4 is 17.3 Å². The summed E-state index contributed by atoms with van der Waals surface area (Å²) in [7, 11) is 1.86. The van der Waals surface area contributed by atoms with Crippen LogP contribution in [0.25, 0.3) is 0 Å². The fourth-order valence-electron chi connectivity index (χ4n) is 4.37. The molecule has 6 nitrogen and oxygen atoms in total. The molecule has 0 amide bonds. The van der Waals surface area contributed by atoms with Crippen molar-refractivity contribution in [2.24, 2.45) is 0 Å². The van der Waals surface area contributed by atoms with E-state index >= 15 is 0 Å². The number of hydrogen-bond acceptors (Lipinski definition) is 6. The molecule has 0 saturated heterocycles. The van der Waals surface area contributed by atoms with Crippen molar-refractivity contribution in [1.29, 1.82) is 0 Å². The van der Waals surface area contributed by atoms with Crippen LogP contribution in [0.4, 0.5) is 0 Å². The first-order valence-corrected chi connectivity index (χ1v) is 10.4. The van der Waals surface area contributed by atoms with Crippen molar-refractivity contribution in [3.63, 3.8) is 0 Å². The zero-order valence-corrected chi connectivity index (χ0v) is 17.5. The van der Waals surface area contributed by atoms with Crippen LogP contribution in [-0.2, 0) is 14.4 Å². The Kier molecular flexibility index (Phi) is 7.33. The van der Waals surface area contributed by atoms with Gasteiger partial charge in [0.05, 0.1) is 29.7 Å². The highest BCUT2D eigenvalue weighted by Gasteiger charge is 2.43. The van der Waals surface area contributed by atoms with E-state index in [-0.39, 0.29) is 30.4 Å². The molecule has 0 atom stereocenters. The van der Waals surface area contributed by atoms with Crippen LogP contribution in [0.1, 0.15) is 78.6 Å². The predicted molar refractivity (Wildman–Crippen MR) is 107 cm³/mol. The molecular formula is C21H37N3O3. The van der Waals surface area contributed by atoms with E-state index in [0.717, 1.165) is 57.8 Å². The van der Waals surface area contributed by atoms with Crippen LogP contribution >= 0.6 is 0 Å². The third-order valence-electron chi connectivity index (χ3n) is 6.87. The molecule has 0 spiro atoms. The minimum atomic E-state index is -0.721. The van der Waals surface area contributed by atoms with Crippen LogP contribution in [0.5, 0.6) is 0 Å². The second-order valence-corrected chi connectivity index (χ2v) is 8.92. The van der Waals surface area contributed by atoms with Crippen molar-refractivity contribution in [2.75, 3.05) is 20.1 Å². The number of ketones is 3. The van der Waals surface area contributed by atoms with Gasteiger partial charge in [0, 0.05) is 0 Å². The lowest BCUT2D eigenvalue weighted by molar-refractivity contribution is -0.128. The summed E-state index contributed by atoms with van der Waals surface area (Å²) in [4.78, 5) is 37.7. The average molecular weight is 380 g/mol. The van der Waals surface area contributed by atoms with Crippen molar-refractivity contribution < 1.29 is 14.4 Å². The van der Waals surface area contributed by atoms with E-state index in [1.54, 1.807) is 13.8 Å². The van der Waals surface area contributed by atoms with E-state index in [0.29, 0.717) is 0 Å². The summed E-state index contributed by atoms with van der Waals surface area (Å²) in [5.41, 5.74) is -1.80. The summed E-state index contributed by atoms with van der Waals surface area (Å²) in [6, 6.07) is 0. The van der Waals surface area contributed by atoms with E-state index in [9.17, 15) is 14.4 Å². The van der Waals surface area contributed by atoms with Gasteiger partial charge in [0.2, 0.25) is 0 Å². The molecule has 0 aromatic heterocycles. The molecule has 2 aliphatic carbocycles. The zero-order valence-electron chi connectivity index (χ0n) is 17.5. The van der Waals surface area contributed by atoms with Gasteiger partial charge in [-0.2, -0.15) is 0 Å². The molecule has 2 aliphatic rings.